The van der Waals surface area contributed by atoms with Gasteiger partial charge in [0.2, 0.25) is 0 Å². The number of fused-ring (bicyclic) bond motifs is 1. The molecule has 0 unspecified atom stereocenters. The average Bonchev–Trinajstić information content (AvgIpc) is 2.69. The topological polar surface area (TPSA) is 137 Å². The van der Waals surface area contributed by atoms with Crippen LogP contribution in [0.3, 0.4) is 0 Å². The van der Waals surface area contributed by atoms with Crippen LogP contribution in [0.4, 0.5) is 0 Å². The minimum atomic E-state index is -1.48. The second kappa shape index (κ2) is 8.55. The summed E-state index contributed by atoms with van der Waals surface area (Å²) in [6, 6.07) is 0. The Morgan fingerprint density at radius 1 is 1.24 bits per heavy atom. The summed E-state index contributed by atoms with van der Waals surface area (Å²) in [4.78, 5) is 12.2. The summed E-state index contributed by atoms with van der Waals surface area (Å²) in [5, 5.41) is 49.1. The quantitative estimate of drug-likeness (QED) is 0.392. The molecule has 0 aromatic heterocycles. The second-order valence-corrected chi connectivity index (χ2v) is 8.85. The monoisotopic (exact) mass is 412 g/mol. The maximum Gasteiger partial charge on any atom is 0.187 e. The third kappa shape index (κ3) is 4.20. The van der Waals surface area contributed by atoms with Gasteiger partial charge in [0, 0.05) is 0 Å². The lowest BCUT2D eigenvalue weighted by Crippen LogP contribution is -2.59. The molecule has 5 N–H and O–H groups in total. The van der Waals surface area contributed by atoms with Gasteiger partial charge >= 0.3 is 0 Å². The van der Waals surface area contributed by atoms with Crippen LogP contribution >= 0.6 is 0 Å². The van der Waals surface area contributed by atoms with Crippen molar-refractivity contribution in [1.29, 1.82) is 0 Å². The van der Waals surface area contributed by atoms with E-state index in [4.69, 9.17) is 9.47 Å². The molecular weight excluding hydrogens is 380 g/mol. The number of allylic oxidation sites excluding steroid dienone is 1. The zero-order chi connectivity index (χ0) is 21.5. The first-order chi connectivity index (χ1) is 13.6. The minimum Gasteiger partial charge on any atom is -0.394 e. The van der Waals surface area contributed by atoms with Crippen molar-refractivity contribution in [2.75, 3.05) is 13.2 Å². The number of rotatable bonds is 5. The molecule has 3 rings (SSSR count). The molecule has 29 heavy (non-hydrogen) atoms. The highest BCUT2D eigenvalue weighted by atomic mass is 16.7. The average molecular weight is 412 g/mol. The van der Waals surface area contributed by atoms with Crippen LogP contribution in [-0.2, 0) is 14.3 Å². The van der Waals surface area contributed by atoms with Gasteiger partial charge in [-0.25, -0.2) is 0 Å². The van der Waals surface area contributed by atoms with Crippen molar-refractivity contribution in [2.24, 2.45) is 11.3 Å². The van der Waals surface area contributed by atoms with Crippen LogP contribution in [-0.4, -0.2) is 81.3 Å². The Bertz CT molecular complexity index is 686. The van der Waals surface area contributed by atoms with E-state index in [0.29, 0.717) is 18.4 Å². The Balaban J connectivity index is 1.63. The van der Waals surface area contributed by atoms with Crippen LogP contribution in [0.5, 0.6) is 0 Å². The van der Waals surface area contributed by atoms with Crippen LogP contribution < -0.4 is 0 Å². The minimum absolute atomic E-state index is 0.0764. The number of aliphatic hydroxyl groups excluding tert-OH is 5. The molecule has 0 radical (unpaired) electrons. The first kappa shape index (κ1) is 22.6. The summed E-state index contributed by atoms with van der Waals surface area (Å²) in [5.41, 5.74) is 2.30. The van der Waals surface area contributed by atoms with Crippen molar-refractivity contribution in [3.8, 4) is 0 Å². The molecule has 1 saturated carbocycles. The van der Waals surface area contributed by atoms with Gasteiger partial charge in [-0.3, -0.25) is 4.79 Å². The highest BCUT2D eigenvalue weighted by Crippen LogP contribution is 2.51. The molecule has 1 heterocycles. The maximum atomic E-state index is 12.2. The molecule has 8 atom stereocenters. The van der Waals surface area contributed by atoms with Gasteiger partial charge in [-0.1, -0.05) is 19.1 Å². The molecule has 2 aliphatic carbocycles. The lowest BCUT2D eigenvalue weighted by atomic mass is 9.60. The van der Waals surface area contributed by atoms with E-state index in [1.807, 2.05) is 0 Å². The summed E-state index contributed by atoms with van der Waals surface area (Å²) < 4.78 is 11.0. The van der Waals surface area contributed by atoms with E-state index >= 15 is 0 Å². The van der Waals surface area contributed by atoms with Gasteiger partial charge in [-0.2, -0.15) is 0 Å². The van der Waals surface area contributed by atoms with Crippen molar-refractivity contribution in [3.05, 3.63) is 23.3 Å². The Morgan fingerprint density at radius 3 is 2.59 bits per heavy atom. The molecule has 0 amide bonds. The Hall–Kier alpha value is -1.13. The van der Waals surface area contributed by atoms with E-state index in [0.717, 1.165) is 24.0 Å². The van der Waals surface area contributed by atoms with Crippen molar-refractivity contribution in [3.63, 3.8) is 0 Å². The number of hydrogen-bond donors (Lipinski definition) is 5. The van der Waals surface area contributed by atoms with E-state index in [9.17, 15) is 30.3 Å². The normalized spacial score (nSPS) is 43.3. The van der Waals surface area contributed by atoms with Crippen molar-refractivity contribution < 1.29 is 39.8 Å². The molecule has 0 aromatic rings. The molecule has 0 aromatic carbocycles. The third-order valence-corrected chi connectivity index (χ3v) is 6.85. The summed E-state index contributed by atoms with van der Waals surface area (Å²) in [6.45, 7) is 7.52. The number of carbonyl (C=O) groups is 1. The smallest absolute Gasteiger partial charge is 0.187 e. The zero-order valence-corrected chi connectivity index (χ0v) is 17.0. The van der Waals surface area contributed by atoms with Gasteiger partial charge in [0.25, 0.3) is 0 Å². The van der Waals surface area contributed by atoms with Gasteiger partial charge in [-0.05, 0) is 55.1 Å². The van der Waals surface area contributed by atoms with Crippen LogP contribution in [0, 0.1) is 11.3 Å². The van der Waals surface area contributed by atoms with Crippen LogP contribution in [0.15, 0.2) is 23.3 Å². The van der Waals surface area contributed by atoms with E-state index in [1.54, 1.807) is 6.92 Å². The number of hydrogen-bond acceptors (Lipinski definition) is 8. The first-order valence-corrected chi connectivity index (χ1v) is 10.1. The third-order valence-electron chi connectivity index (χ3n) is 6.85. The van der Waals surface area contributed by atoms with Gasteiger partial charge in [-0.15, -0.1) is 0 Å². The first-order valence-electron chi connectivity index (χ1n) is 10.1. The second-order valence-electron chi connectivity index (χ2n) is 8.85. The largest absolute Gasteiger partial charge is 0.394 e. The Labute approximate surface area is 170 Å². The van der Waals surface area contributed by atoms with Crippen LogP contribution in [0.2, 0.25) is 0 Å². The summed E-state index contributed by atoms with van der Waals surface area (Å²) in [5.74, 6) is -0.123. The SMILES string of the molecule is C=C(CO[C@@H]1O[C@H](CO)[C@@H](O)[C@H](O)[C@H]1O)[C@@H]1CC[C@@]2(C)C[C@H](O)C(=O)C(C)=C2C1. The zero-order valence-electron chi connectivity index (χ0n) is 17.0. The molecule has 1 saturated heterocycles. The van der Waals surface area contributed by atoms with Gasteiger partial charge < -0.3 is 35.0 Å². The standard InChI is InChI=1S/C21H32O8/c1-10(9-28-20-19(27)18(26)17(25)15(8-22)29-20)12-4-5-21(3)7-14(23)16(24)11(2)13(21)6-12/h12,14-15,17-20,22-23,25-27H,1,4-9H2,2-3H3/t12-,14+,15-,17-,18+,19-,20-,21+/m1/s1. The molecule has 8 heteroatoms. The number of carbonyl (C=O) groups excluding carboxylic acids is 1. The number of aliphatic hydroxyl groups is 5. The predicted molar refractivity (Wildman–Crippen MR) is 103 cm³/mol. The molecule has 0 spiro atoms. The lowest BCUT2D eigenvalue weighted by Gasteiger charge is -2.45. The number of ether oxygens (including phenoxy) is 2. The van der Waals surface area contributed by atoms with Crippen LogP contribution in [0.1, 0.15) is 39.5 Å². The van der Waals surface area contributed by atoms with Gasteiger partial charge in [0.1, 0.15) is 30.5 Å². The van der Waals surface area contributed by atoms with E-state index in [-0.39, 0.29) is 23.7 Å². The van der Waals surface area contributed by atoms with Gasteiger partial charge in [0.15, 0.2) is 12.1 Å². The maximum absolute atomic E-state index is 12.2. The fourth-order valence-corrected chi connectivity index (χ4v) is 4.85. The Morgan fingerprint density at radius 2 is 1.93 bits per heavy atom. The van der Waals surface area contributed by atoms with E-state index in [1.165, 1.54) is 0 Å². The number of ketones is 1. The highest BCUT2D eigenvalue weighted by molar-refractivity contribution is 6.00. The Kier molecular flexibility index (Phi) is 6.65. The molecule has 0 bridgehead atoms. The molecule has 1 aliphatic heterocycles. The molecule has 8 nitrogen and oxygen atoms in total. The van der Waals surface area contributed by atoms with Crippen molar-refractivity contribution >= 4 is 5.78 Å². The van der Waals surface area contributed by atoms with Crippen molar-refractivity contribution in [1.82, 2.24) is 0 Å². The molecule has 2 fully saturated rings. The van der Waals surface area contributed by atoms with Crippen LogP contribution in [0.25, 0.3) is 0 Å². The molecular formula is C21H32O8. The summed E-state index contributed by atoms with van der Waals surface area (Å²) >= 11 is 0. The highest BCUT2D eigenvalue weighted by Gasteiger charge is 2.46. The fourth-order valence-electron chi connectivity index (χ4n) is 4.85. The fraction of sp³-hybridized carbons (Fsp3) is 0.762. The molecule has 164 valence electrons. The van der Waals surface area contributed by atoms with Gasteiger partial charge in [0.05, 0.1) is 13.2 Å². The summed E-state index contributed by atoms with van der Waals surface area (Å²) in [7, 11) is 0. The number of Topliss-reactive ketones (excluding diaryl/α,β-unsaturated/α-hetero) is 1. The van der Waals surface area contributed by atoms with Crippen molar-refractivity contribution in [2.45, 2.75) is 76.3 Å². The summed E-state index contributed by atoms with van der Waals surface area (Å²) in [6.07, 6.45) is -4.73. The van der Waals surface area contributed by atoms with E-state index < -0.39 is 43.4 Å². The predicted octanol–water partition coefficient (Wildman–Crippen LogP) is -0.184. The van der Waals surface area contributed by atoms with E-state index in [2.05, 4.69) is 13.5 Å². The molecule has 3 aliphatic rings. The lowest BCUT2D eigenvalue weighted by molar-refractivity contribution is -0.299.